The third-order valence-corrected chi connectivity index (χ3v) is 5.93. The standard InChI is InChI=1S/C17H20N4O3S/c1-2-21(15-8-9-25(23,24)12-15)17-18-10-13(11-19-17)16(22)20-14-6-4-3-5-7-14/h3-7,10-11,15H,2,8-9,12H2,1H3,(H,20,22). The van der Waals surface area contributed by atoms with Gasteiger partial charge in [-0.15, -0.1) is 0 Å². The van der Waals surface area contributed by atoms with Crippen LogP contribution >= 0.6 is 0 Å². The van der Waals surface area contributed by atoms with E-state index in [1.54, 1.807) is 12.1 Å². The number of nitrogens with zero attached hydrogens (tertiary/aromatic N) is 3. The first-order valence-electron chi connectivity index (χ1n) is 8.14. The van der Waals surface area contributed by atoms with Crippen molar-refractivity contribution >= 4 is 27.4 Å². The minimum atomic E-state index is -2.98. The molecule has 25 heavy (non-hydrogen) atoms. The molecular weight excluding hydrogens is 340 g/mol. The van der Waals surface area contributed by atoms with Gasteiger partial charge in [0.05, 0.1) is 17.1 Å². The summed E-state index contributed by atoms with van der Waals surface area (Å²) in [5.41, 5.74) is 1.05. The van der Waals surface area contributed by atoms with Gasteiger partial charge in [-0.1, -0.05) is 18.2 Å². The van der Waals surface area contributed by atoms with Crippen LogP contribution in [0.15, 0.2) is 42.7 Å². The summed E-state index contributed by atoms with van der Waals surface area (Å²) in [6.45, 7) is 2.54. The first-order valence-corrected chi connectivity index (χ1v) is 9.96. The molecule has 1 fully saturated rings. The smallest absolute Gasteiger partial charge is 0.258 e. The number of hydrogen-bond donors (Lipinski definition) is 1. The lowest BCUT2D eigenvalue weighted by Gasteiger charge is -2.26. The zero-order valence-corrected chi connectivity index (χ0v) is 14.7. The van der Waals surface area contributed by atoms with Crippen LogP contribution in [0.4, 0.5) is 11.6 Å². The van der Waals surface area contributed by atoms with Crippen LogP contribution in [0.1, 0.15) is 23.7 Å². The van der Waals surface area contributed by atoms with Gasteiger partial charge in [0.1, 0.15) is 0 Å². The molecule has 1 amide bonds. The number of anilines is 2. The van der Waals surface area contributed by atoms with Gasteiger partial charge in [0.2, 0.25) is 5.95 Å². The second kappa shape index (κ2) is 7.18. The molecule has 1 aromatic heterocycles. The van der Waals surface area contributed by atoms with Crippen LogP contribution in [-0.2, 0) is 9.84 Å². The Labute approximate surface area is 147 Å². The quantitative estimate of drug-likeness (QED) is 0.873. The van der Waals surface area contributed by atoms with Crippen molar-refractivity contribution in [1.29, 1.82) is 0 Å². The highest BCUT2D eigenvalue weighted by Crippen LogP contribution is 2.21. The van der Waals surface area contributed by atoms with Gasteiger partial charge in [0, 0.05) is 30.7 Å². The number of sulfone groups is 1. The Bertz CT molecular complexity index is 838. The van der Waals surface area contributed by atoms with Crippen LogP contribution in [0, 0.1) is 0 Å². The van der Waals surface area contributed by atoms with Crippen molar-refractivity contribution in [3.63, 3.8) is 0 Å². The highest BCUT2D eigenvalue weighted by atomic mass is 32.2. The van der Waals surface area contributed by atoms with Crippen LogP contribution in [-0.4, -0.2) is 48.4 Å². The molecule has 1 aromatic carbocycles. The Hall–Kier alpha value is -2.48. The molecule has 1 unspecified atom stereocenters. The van der Waals surface area contributed by atoms with Crippen molar-refractivity contribution in [1.82, 2.24) is 9.97 Å². The summed E-state index contributed by atoms with van der Waals surface area (Å²) in [6.07, 6.45) is 3.51. The molecule has 1 atom stereocenters. The van der Waals surface area contributed by atoms with Crippen molar-refractivity contribution in [2.24, 2.45) is 0 Å². The fraction of sp³-hybridized carbons (Fsp3) is 0.353. The third kappa shape index (κ3) is 4.14. The van der Waals surface area contributed by atoms with Crippen molar-refractivity contribution in [3.8, 4) is 0 Å². The molecule has 1 aliphatic heterocycles. The van der Waals surface area contributed by atoms with Crippen LogP contribution in [0.25, 0.3) is 0 Å². The predicted molar refractivity (Wildman–Crippen MR) is 96.5 cm³/mol. The highest BCUT2D eigenvalue weighted by molar-refractivity contribution is 7.91. The molecule has 1 N–H and O–H groups in total. The summed E-state index contributed by atoms with van der Waals surface area (Å²) in [7, 11) is -2.98. The average Bonchev–Trinajstić information content (AvgIpc) is 2.97. The first kappa shape index (κ1) is 17.3. The Morgan fingerprint density at radius 2 is 1.92 bits per heavy atom. The number of carbonyl (C=O) groups excluding carboxylic acids is 1. The molecule has 0 spiro atoms. The third-order valence-electron chi connectivity index (χ3n) is 4.18. The maximum Gasteiger partial charge on any atom is 0.258 e. The molecule has 7 nitrogen and oxygen atoms in total. The van der Waals surface area contributed by atoms with E-state index < -0.39 is 9.84 Å². The van der Waals surface area contributed by atoms with E-state index in [2.05, 4.69) is 15.3 Å². The van der Waals surface area contributed by atoms with Crippen LogP contribution in [0.5, 0.6) is 0 Å². The molecule has 3 rings (SSSR count). The summed E-state index contributed by atoms with van der Waals surface area (Å²) >= 11 is 0. The largest absolute Gasteiger partial charge is 0.337 e. The number of carbonyl (C=O) groups is 1. The van der Waals surface area contributed by atoms with Gasteiger partial charge < -0.3 is 10.2 Å². The topological polar surface area (TPSA) is 92.3 Å². The lowest BCUT2D eigenvalue weighted by atomic mass is 10.2. The molecule has 132 valence electrons. The highest BCUT2D eigenvalue weighted by Gasteiger charge is 2.32. The molecule has 0 aliphatic carbocycles. The fourth-order valence-electron chi connectivity index (χ4n) is 2.90. The molecule has 0 radical (unpaired) electrons. The molecule has 1 saturated heterocycles. The zero-order chi connectivity index (χ0) is 17.9. The van der Waals surface area contributed by atoms with E-state index in [0.717, 1.165) is 0 Å². The number of rotatable bonds is 5. The van der Waals surface area contributed by atoms with E-state index in [-0.39, 0.29) is 23.5 Å². The number of benzene rings is 1. The van der Waals surface area contributed by atoms with Crippen molar-refractivity contribution < 1.29 is 13.2 Å². The minimum Gasteiger partial charge on any atom is -0.337 e. The van der Waals surface area contributed by atoms with Crippen LogP contribution in [0.3, 0.4) is 0 Å². The summed E-state index contributed by atoms with van der Waals surface area (Å²) in [4.78, 5) is 22.6. The molecule has 2 heterocycles. The first-order chi connectivity index (χ1) is 12.0. The molecular formula is C17H20N4O3S. The monoisotopic (exact) mass is 360 g/mol. The maximum absolute atomic E-state index is 12.2. The average molecular weight is 360 g/mol. The SMILES string of the molecule is CCN(c1ncc(C(=O)Nc2ccccc2)cn1)C1CCS(=O)(=O)C1. The van der Waals surface area contributed by atoms with E-state index in [4.69, 9.17) is 0 Å². The number of nitrogens with one attached hydrogen (secondary N) is 1. The number of aromatic nitrogens is 2. The molecule has 8 heteroatoms. The van der Waals surface area contributed by atoms with E-state index in [9.17, 15) is 13.2 Å². The van der Waals surface area contributed by atoms with Gasteiger partial charge in [-0.3, -0.25) is 4.79 Å². The molecule has 1 aliphatic rings. The van der Waals surface area contributed by atoms with E-state index in [1.165, 1.54) is 12.4 Å². The van der Waals surface area contributed by atoms with Gasteiger partial charge in [-0.05, 0) is 25.5 Å². The maximum atomic E-state index is 12.2. The van der Waals surface area contributed by atoms with Gasteiger partial charge in [0.25, 0.3) is 5.91 Å². The second-order valence-electron chi connectivity index (χ2n) is 5.93. The summed E-state index contributed by atoms with van der Waals surface area (Å²) in [6, 6.07) is 9.03. The minimum absolute atomic E-state index is 0.112. The predicted octanol–water partition coefficient (Wildman–Crippen LogP) is 1.74. The van der Waals surface area contributed by atoms with E-state index in [0.29, 0.717) is 30.2 Å². The number of hydrogen-bond acceptors (Lipinski definition) is 6. The van der Waals surface area contributed by atoms with Crippen molar-refractivity contribution in [2.45, 2.75) is 19.4 Å². The van der Waals surface area contributed by atoms with Crippen molar-refractivity contribution in [2.75, 3.05) is 28.3 Å². The molecule has 0 saturated carbocycles. The zero-order valence-electron chi connectivity index (χ0n) is 13.9. The Kier molecular flexibility index (Phi) is 4.98. The normalized spacial score (nSPS) is 18.7. The number of amides is 1. The Balaban J connectivity index is 1.71. The van der Waals surface area contributed by atoms with Gasteiger partial charge >= 0.3 is 0 Å². The van der Waals surface area contributed by atoms with Gasteiger partial charge in [0.15, 0.2) is 9.84 Å². The Morgan fingerprint density at radius 1 is 1.24 bits per heavy atom. The molecule has 2 aromatic rings. The van der Waals surface area contributed by atoms with Crippen LogP contribution < -0.4 is 10.2 Å². The fourth-order valence-corrected chi connectivity index (χ4v) is 4.63. The lowest BCUT2D eigenvalue weighted by molar-refractivity contribution is 0.102. The summed E-state index contributed by atoms with van der Waals surface area (Å²) in [5.74, 6) is 0.483. The van der Waals surface area contributed by atoms with Gasteiger partial charge in [-0.2, -0.15) is 0 Å². The van der Waals surface area contributed by atoms with Gasteiger partial charge in [-0.25, -0.2) is 18.4 Å². The summed E-state index contributed by atoms with van der Waals surface area (Å²) < 4.78 is 23.4. The number of para-hydroxylation sites is 1. The van der Waals surface area contributed by atoms with E-state index in [1.807, 2.05) is 30.0 Å². The molecule has 0 bridgehead atoms. The van der Waals surface area contributed by atoms with Crippen LogP contribution in [0.2, 0.25) is 0 Å². The second-order valence-corrected chi connectivity index (χ2v) is 8.16. The van der Waals surface area contributed by atoms with Crippen molar-refractivity contribution in [3.05, 3.63) is 48.3 Å². The lowest BCUT2D eigenvalue weighted by Crippen LogP contribution is -2.37. The Morgan fingerprint density at radius 3 is 2.48 bits per heavy atom. The van der Waals surface area contributed by atoms with E-state index >= 15 is 0 Å². The summed E-state index contributed by atoms with van der Waals surface area (Å²) in [5, 5.41) is 2.77.